The molecule has 0 bridgehead atoms. The number of nitrogens with zero attached hydrogens (tertiary/aromatic N) is 4. The number of ether oxygens (including phenoxy) is 1. The second-order valence-electron chi connectivity index (χ2n) is 6.98. The molecule has 2 aliphatic heterocycles. The molecule has 1 N–H and O–H groups in total. The minimum absolute atomic E-state index is 0.101. The summed E-state index contributed by atoms with van der Waals surface area (Å²) in [5.74, 6) is 1.85. The molecule has 3 heterocycles. The molecule has 2 fully saturated rings. The predicted octanol–water partition coefficient (Wildman–Crippen LogP) is 1.04. The van der Waals surface area contributed by atoms with Crippen molar-refractivity contribution in [1.29, 1.82) is 0 Å². The zero-order chi connectivity index (χ0) is 17.1. The van der Waals surface area contributed by atoms with Crippen molar-refractivity contribution in [3.05, 3.63) is 11.6 Å². The maximum absolute atomic E-state index is 12.5. The van der Waals surface area contributed by atoms with Crippen molar-refractivity contribution in [2.24, 2.45) is 0 Å². The summed E-state index contributed by atoms with van der Waals surface area (Å²) >= 11 is 0. The number of rotatable bonds is 6. The van der Waals surface area contributed by atoms with E-state index in [4.69, 9.17) is 4.74 Å². The Labute approximate surface area is 143 Å². The lowest BCUT2D eigenvalue weighted by Gasteiger charge is -2.30. The molecule has 7 nitrogen and oxygen atoms in total. The number of hydrogen-bond acceptors (Lipinski definition) is 5. The summed E-state index contributed by atoms with van der Waals surface area (Å²) in [5.41, 5.74) is 0. The fourth-order valence-corrected chi connectivity index (χ4v) is 3.82. The molecule has 2 saturated heterocycles. The molecule has 0 radical (unpaired) electrons. The van der Waals surface area contributed by atoms with Crippen LogP contribution in [-0.2, 0) is 16.1 Å². The maximum Gasteiger partial charge on any atom is 0.237 e. The second kappa shape index (κ2) is 7.61. The zero-order valence-corrected chi connectivity index (χ0v) is 15.0. The van der Waals surface area contributed by atoms with E-state index in [9.17, 15) is 4.79 Å². The minimum Gasteiger partial charge on any atom is -0.376 e. The number of carbonyl (C=O) groups excluding carboxylic acids is 1. The summed E-state index contributed by atoms with van der Waals surface area (Å²) < 4.78 is 7.54. The van der Waals surface area contributed by atoms with Crippen LogP contribution >= 0.6 is 0 Å². The van der Waals surface area contributed by atoms with E-state index < -0.39 is 0 Å². The Bertz CT molecular complexity index is 567. The minimum atomic E-state index is -0.121. The largest absolute Gasteiger partial charge is 0.376 e. The molecule has 7 heteroatoms. The Morgan fingerprint density at radius 1 is 1.38 bits per heavy atom. The van der Waals surface area contributed by atoms with E-state index in [0.29, 0.717) is 12.6 Å². The summed E-state index contributed by atoms with van der Waals surface area (Å²) in [6.07, 6.45) is 4.56. The Hall–Kier alpha value is -1.47. The number of amides is 1. The Balaban J connectivity index is 1.55. The third kappa shape index (κ3) is 3.95. The number of likely N-dealkylation sites (tertiary alicyclic amines) is 1. The predicted molar refractivity (Wildman–Crippen MR) is 90.7 cm³/mol. The highest BCUT2D eigenvalue weighted by molar-refractivity contribution is 5.81. The lowest BCUT2D eigenvalue weighted by atomic mass is 10.1. The van der Waals surface area contributed by atoms with Crippen LogP contribution in [0.3, 0.4) is 0 Å². The normalized spacial score (nSPS) is 26.0. The first-order chi connectivity index (χ1) is 11.5. The van der Waals surface area contributed by atoms with Crippen LogP contribution in [-0.4, -0.2) is 63.5 Å². The van der Waals surface area contributed by atoms with Crippen molar-refractivity contribution in [3.63, 3.8) is 0 Å². The van der Waals surface area contributed by atoms with Gasteiger partial charge >= 0.3 is 0 Å². The first-order valence-corrected chi connectivity index (χ1v) is 9.07. The van der Waals surface area contributed by atoms with Gasteiger partial charge in [0.1, 0.15) is 11.6 Å². The molecule has 3 atom stereocenters. The van der Waals surface area contributed by atoms with Crippen molar-refractivity contribution in [3.8, 4) is 0 Å². The fraction of sp³-hybridized carbons (Fsp3) is 0.824. The zero-order valence-electron chi connectivity index (χ0n) is 15.0. The quantitative estimate of drug-likeness (QED) is 0.841. The van der Waals surface area contributed by atoms with E-state index in [1.165, 1.54) is 0 Å². The molecule has 24 heavy (non-hydrogen) atoms. The number of aryl methyl sites for hydroxylation is 2. The van der Waals surface area contributed by atoms with Gasteiger partial charge in [0, 0.05) is 19.2 Å². The topological polar surface area (TPSA) is 72.3 Å². The smallest absolute Gasteiger partial charge is 0.237 e. The van der Waals surface area contributed by atoms with Crippen LogP contribution in [0.4, 0.5) is 0 Å². The molecule has 1 amide bonds. The number of hydrogen-bond donors (Lipinski definition) is 1. The average molecular weight is 335 g/mol. The molecule has 1 aromatic rings. The Kier molecular flexibility index (Phi) is 5.50. The summed E-state index contributed by atoms with van der Waals surface area (Å²) in [6, 6.07) is 0.220. The molecular formula is C17H29N5O2. The highest BCUT2D eigenvalue weighted by Gasteiger charge is 2.33. The van der Waals surface area contributed by atoms with Crippen molar-refractivity contribution in [1.82, 2.24) is 25.0 Å². The first-order valence-electron chi connectivity index (χ1n) is 9.07. The van der Waals surface area contributed by atoms with Crippen molar-refractivity contribution in [2.75, 3.05) is 19.7 Å². The van der Waals surface area contributed by atoms with Gasteiger partial charge < -0.3 is 10.1 Å². The van der Waals surface area contributed by atoms with Gasteiger partial charge in [-0.25, -0.2) is 9.67 Å². The Morgan fingerprint density at radius 3 is 2.88 bits per heavy atom. The van der Waals surface area contributed by atoms with Gasteiger partial charge in [-0.15, -0.1) is 0 Å². The third-order valence-electron chi connectivity index (χ3n) is 5.17. The van der Waals surface area contributed by atoms with Crippen LogP contribution < -0.4 is 5.32 Å². The van der Waals surface area contributed by atoms with Crippen LogP contribution in [0.15, 0.2) is 0 Å². The molecule has 1 aromatic heterocycles. The summed E-state index contributed by atoms with van der Waals surface area (Å²) in [4.78, 5) is 19.2. The lowest BCUT2D eigenvalue weighted by Crippen LogP contribution is -2.49. The van der Waals surface area contributed by atoms with Gasteiger partial charge in [0.05, 0.1) is 18.7 Å². The lowest BCUT2D eigenvalue weighted by molar-refractivity contribution is -0.126. The molecule has 3 rings (SSSR count). The molecule has 0 spiro atoms. The first kappa shape index (κ1) is 17.4. The fourth-order valence-electron chi connectivity index (χ4n) is 3.82. The number of aromatic nitrogens is 3. The van der Waals surface area contributed by atoms with Gasteiger partial charge in [0.15, 0.2) is 0 Å². The average Bonchev–Trinajstić information content (AvgIpc) is 3.27. The molecule has 0 aromatic carbocycles. The number of nitrogens with one attached hydrogen (secondary N) is 1. The van der Waals surface area contributed by atoms with Gasteiger partial charge in [-0.2, -0.15) is 5.10 Å². The maximum atomic E-state index is 12.5. The van der Waals surface area contributed by atoms with E-state index in [1.54, 1.807) is 0 Å². The molecule has 0 unspecified atom stereocenters. The van der Waals surface area contributed by atoms with Gasteiger partial charge in [-0.1, -0.05) is 0 Å². The van der Waals surface area contributed by atoms with Crippen LogP contribution in [0.2, 0.25) is 0 Å². The molecule has 0 saturated carbocycles. The van der Waals surface area contributed by atoms with Crippen molar-refractivity contribution >= 4 is 5.91 Å². The van der Waals surface area contributed by atoms with Crippen molar-refractivity contribution < 1.29 is 9.53 Å². The van der Waals surface area contributed by atoms with Crippen LogP contribution in [0.5, 0.6) is 0 Å². The standard InChI is InChI=1S/C17H29N5O2/c1-12(17(23)18-10-16-7-5-9-24-16)21-8-4-6-15(21)11-22-14(3)19-13(2)20-22/h12,15-16H,4-11H2,1-3H3,(H,18,23)/t12-,15-,16-/m0/s1. The molecular weight excluding hydrogens is 306 g/mol. The summed E-state index contributed by atoms with van der Waals surface area (Å²) in [7, 11) is 0. The van der Waals surface area contributed by atoms with Crippen molar-refractivity contribution in [2.45, 2.75) is 71.2 Å². The summed E-state index contributed by atoms with van der Waals surface area (Å²) in [5, 5.41) is 7.52. The van der Waals surface area contributed by atoms with E-state index in [1.807, 2.05) is 25.5 Å². The van der Waals surface area contributed by atoms with Gasteiger partial charge in [-0.3, -0.25) is 9.69 Å². The highest BCUT2D eigenvalue weighted by Crippen LogP contribution is 2.22. The monoisotopic (exact) mass is 335 g/mol. The SMILES string of the molecule is Cc1nc(C)n(C[C@@H]2CCCN2[C@@H](C)C(=O)NC[C@@H]2CCCO2)n1. The second-order valence-corrected chi connectivity index (χ2v) is 6.98. The van der Waals surface area contributed by atoms with Crippen LogP contribution in [0, 0.1) is 13.8 Å². The molecule has 134 valence electrons. The summed E-state index contributed by atoms with van der Waals surface area (Å²) in [6.45, 7) is 9.11. The van der Waals surface area contributed by atoms with Crippen LogP contribution in [0.1, 0.15) is 44.3 Å². The van der Waals surface area contributed by atoms with Gasteiger partial charge in [0.25, 0.3) is 0 Å². The van der Waals surface area contributed by atoms with Crippen LogP contribution in [0.25, 0.3) is 0 Å². The van der Waals surface area contributed by atoms with E-state index in [2.05, 4.69) is 20.3 Å². The third-order valence-corrected chi connectivity index (χ3v) is 5.17. The van der Waals surface area contributed by atoms with Gasteiger partial charge in [0.2, 0.25) is 5.91 Å². The Morgan fingerprint density at radius 2 is 2.21 bits per heavy atom. The van der Waals surface area contributed by atoms with E-state index in [0.717, 1.165) is 57.0 Å². The molecule has 2 aliphatic rings. The van der Waals surface area contributed by atoms with E-state index >= 15 is 0 Å². The van der Waals surface area contributed by atoms with Gasteiger partial charge in [-0.05, 0) is 53.0 Å². The highest BCUT2D eigenvalue weighted by atomic mass is 16.5. The van der Waals surface area contributed by atoms with E-state index in [-0.39, 0.29) is 18.1 Å². The number of carbonyl (C=O) groups is 1. The molecule has 0 aliphatic carbocycles.